The molecule has 0 spiro atoms. The Morgan fingerprint density at radius 1 is 1.25 bits per heavy atom. The van der Waals surface area contributed by atoms with Gasteiger partial charge in [-0.05, 0) is 36.4 Å². The number of carbonyl (C=O) groups excluding carboxylic acids is 2. The van der Waals surface area contributed by atoms with Crippen LogP contribution < -0.4 is 15.0 Å². The Hall–Kier alpha value is -3.42. The van der Waals surface area contributed by atoms with Crippen LogP contribution in [0.1, 0.15) is 10.4 Å². The molecule has 2 heterocycles. The first-order chi connectivity index (χ1) is 11.5. The van der Waals surface area contributed by atoms with Gasteiger partial charge in [0.1, 0.15) is 6.54 Å². The fraction of sp³-hybridized carbons (Fsp3) is 0.125. The van der Waals surface area contributed by atoms with E-state index in [4.69, 9.17) is 9.84 Å². The molecule has 1 aliphatic rings. The van der Waals surface area contributed by atoms with Gasteiger partial charge in [0.25, 0.3) is 5.91 Å². The number of ether oxygens (including phenoxy) is 1. The highest BCUT2D eigenvalue weighted by Crippen LogP contribution is 2.28. The number of pyridine rings is 1. The fourth-order valence-corrected chi connectivity index (χ4v) is 2.24. The van der Waals surface area contributed by atoms with E-state index in [2.05, 4.69) is 10.3 Å². The molecular formula is C16H13N3O5. The fourth-order valence-electron chi connectivity index (χ4n) is 2.24. The quantitative estimate of drug-likeness (QED) is 0.872. The minimum Gasteiger partial charge on any atom is -0.480 e. The Bertz CT molecular complexity index is 804. The van der Waals surface area contributed by atoms with Gasteiger partial charge in [0.05, 0.1) is 5.56 Å². The van der Waals surface area contributed by atoms with Crippen LogP contribution in [-0.4, -0.2) is 41.0 Å². The smallest absolute Gasteiger partial charge is 0.335 e. The van der Waals surface area contributed by atoms with Crippen LogP contribution in [0.15, 0.2) is 42.6 Å². The Balaban J connectivity index is 1.70. The zero-order valence-corrected chi connectivity index (χ0v) is 12.4. The Kier molecular flexibility index (Phi) is 4.11. The van der Waals surface area contributed by atoms with Crippen molar-refractivity contribution in [1.29, 1.82) is 0 Å². The zero-order valence-electron chi connectivity index (χ0n) is 12.4. The normalized spacial score (nSPS) is 13.0. The number of aromatic carboxylic acids is 1. The summed E-state index contributed by atoms with van der Waals surface area (Å²) in [5, 5.41) is 11.5. The predicted molar refractivity (Wildman–Crippen MR) is 84.1 cm³/mol. The third-order valence-corrected chi connectivity index (χ3v) is 3.38. The molecule has 2 aromatic rings. The average molecular weight is 327 g/mol. The van der Waals surface area contributed by atoms with E-state index in [-0.39, 0.29) is 24.6 Å². The highest BCUT2D eigenvalue weighted by molar-refractivity contribution is 6.04. The molecule has 1 aromatic carbocycles. The molecule has 0 bridgehead atoms. The van der Waals surface area contributed by atoms with Gasteiger partial charge in [0.15, 0.2) is 18.2 Å². The molecule has 0 fully saturated rings. The van der Waals surface area contributed by atoms with Crippen LogP contribution in [0, 0.1) is 0 Å². The van der Waals surface area contributed by atoms with Crippen LogP contribution in [0.25, 0.3) is 0 Å². The summed E-state index contributed by atoms with van der Waals surface area (Å²) in [6.45, 7) is -0.369. The van der Waals surface area contributed by atoms with E-state index in [1.807, 2.05) is 0 Å². The van der Waals surface area contributed by atoms with Crippen molar-refractivity contribution in [3.05, 3.63) is 48.2 Å². The molecule has 8 heteroatoms. The van der Waals surface area contributed by atoms with Crippen molar-refractivity contribution in [2.45, 2.75) is 0 Å². The predicted octanol–water partition coefficient (Wildman–Crippen LogP) is 1.14. The number of rotatable bonds is 4. The maximum Gasteiger partial charge on any atom is 0.335 e. The first-order valence-corrected chi connectivity index (χ1v) is 7.06. The van der Waals surface area contributed by atoms with E-state index < -0.39 is 11.9 Å². The van der Waals surface area contributed by atoms with Crippen molar-refractivity contribution >= 4 is 29.3 Å². The lowest BCUT2D eigenvalue weighted by molar-refractivity contribution is -0.123. The number of nitrogens with zero attached hydrogens (tertiary/aromatic N) is 2. The van der Waals surface area contributed by atoms with Gasteiger partial charge in [-0.1, -0.05) is 0 Å². The van der Waals surface area contributed by atoms with Crippen molar-refractivity contribution in [1.82, 2.24) is 4.98 Å². The van der Waals surface area contributed by atoms with Crippen molar-refractivity contribution in [2.75, 3.05) is 23.4 Å². The molecule has 1 aromatic heterocycles. The molecule has 2 amide bonds. The number of nitrogens with one attached hydrogen (secondary N) is 1. The van der Waals surface area contributed by atoms with Gasteiger partial charge in [0, 0.05) is 11.9 Å². The number of hydrogen-bond donors (Lipinski definition) is 2. The van der Waals surface area contributed by atoms with Gasteiger partial charge in [-0.25, -0.2) is 9.78 Å². The summed E-state index contributed by atoms with van der Waals surface area (Å²) >= 11 is 0. The van der Waals surface area contributed by atoms with Gasteiger partial charge < -0.3 is 15.2 Å². The van der Waals surface area contributed by atoms with Crippen molar-refractivity contribution in [2.24, 2.45) is 0 Å². The molecule has 1 aliphatic heterocycles. The zero-order chi connectivity index (χ0) is 17.1. The SMILES string of the molecule is O=C(CN1C(=O)COc2cccnc21)Nc1ccc(C(=O)O)cc1. The van der Waals surface area contributed by atoms with Crippen LogP contribution >= 0.6 is 0 Å². The molecule has 0 aliphatic carbocycles. The molecule has 8 nitrogen and oxygen atoms in total. The van der Waals surface area contributed by atoms with E-state index in [9.17, 15) is 14.4 Å². The van der Waals surface area contributed by atoms with Gasteiger partial charge in [-0.15, -0.1) is 0 Å². The number of fused-ring (bicyclic) bond motifs is 1. The van der Waals surface area contributed by atoms with Crippen molar-refractivity contribution in [3.63, 3.8) is 0 Å². The van der Waals surface area contributed by atoms with Gasteiger partial charge >= 0.3 is 5.97 Å². The number of carboxylic acid groups (broad SMARTS) is 1. The number of benzene rings is 1. The second kappa shape index (κ2) is 6.37. The lowest BCUT2D eigenvalue weighted by atomic mass is 10.2. The highest BCUT2D eigenvalue weighted by Gasteiger charge is 2.28. The largest absolute Gasteiger partial charge is 0.480 e. The number of aromatic nitrogens is 1. The molecule has 0 saturated heterocycles. The average Bonchev–Trinajstić information content (AvgIpc) is 2.58. The molecular weight excluding hydrogens is 314 g/mol. The second-order valence-electron chi connectivity index (χ2n) is 5.02. The molecule has 2 N–H and O–H groups in total. The summed E-state index contributed by atoms with van der Waals surface area (Å²) in [5.41, 5.74) is 0.557. The number of amides is 2. The first-order valence-electron chi connectivity index (χ1n) is 7.06. The molecule has 24 heavy (non-hydrogen) atoms. The van der Waals surface area contributed by atoms with Crippen LogP contribution in [-0.2, 0) is 9.59 Å². The summed E-state index contributed by atoms with van der Waals surface area (Å²) in [6.07, 6.45) is 1.51. The van der Waals surface area contributed by atoms with Gasteiger partial charge in [0.2, 0.25) is 5.91 Å². The molecule has 122 valence electrons. The second-order valence-corrected chi connectivity index (χ2v) is 5.02. The number of carboxylic acids is 1. The minimum absolute atomic E-state index is 0.120. The molecule has 3 rings (SSSR count). The summed E-state index contributed by atoms with van der Waals surface area (Å²) < 4.78 is 5.26. The third kappa shape index (κ3) is 3.17. The number of anilines is 2. The minimum atomic E-state index is -1.05. The van der Waals surface area contributed by atoms with Crippen molar-refractivity contribution in [3.8, 4) is 5.75 Å². The maximum absolute atomic E-state index is 12.2. The molecule has 0 saturated carbocycles. The molecule has 0 atom stereocenters. The van der Waals surface area contributed by atoms with E-state index in [0.29, 0.717) is 17.3 Å². The molecule has 0 radical (unpaired) electrons. The van der Waals surface area contributed by atoms with Gasteiger partial charge in [-0.2, -0.15) is 0 Å². The first kappa shape index (κ1) is 15.5. The van der Waals surface area contributed by atoms with E-state index in [1.165, 1.54) is 35.4 Å². The summed E-state index contributed by atoms with van der Waals surface area (Å²) in [6, 6.07) is 9.08. The molecule has 0 unspecified atom stereocenters. The monoisotopic (exact) mass is 327 g/mol. The lowest BCUT2D eigenvalue weighted by Crippen LogP contribution is -2.43. The van der Waals surface area contributed by atoms with Crippen molar-refractivity contribution < 1.29 is 24.2 Å². The summed E-state index contributed by atoms with van der Waals surface area (Å²) in [4.78, 5) is 40.3. The standard InChI is InChI=1S/C16H13N3O5/c20-13(18-11-5-3-10(4-6-11)16(22)23)8-19-14(21)9-24-12-2-1-7-17-15(12)19/h1-7H,8-9H2,(H,18,20)(H,22,23). The van der Waals surface area contributed by atoms with Crippen LogP contribution in [0.2, 0.25) is 0 Å². The number of hydrogen-bond acceptors (Lipinski definition) is 5. The Morgan fingerprint density at radius 2 is 2.00 bits per heavy atom. The van der Waals surface area contributed by atoms with Gasteiger partial charge in [-0.3, -0.25) is 14.5 Å². The Labute approximate surface area is 136 Å². The maximum atomic E-state index is 12.2. The van der Waals surface area contributed by atoms with E-state index in [1.54, 1.807) is 12.1 Å². The number of carbonyl (C=O) groups is 3. The summed E-state index contributed by atoms with van der Waals surface area (Å²) in [5.74, 6) is -1.10. The topological polar surface area (TPSA) is 109 Å². The summed E-state index contributed by atoms with van der Waals surface area (Å²) in [7, 11) is 0. The van der Waals surface area contributed by atoms with Crippen LogP contribution in [0.3, 0.4) is 0 Å². The van der Waals surface area contributed by atoms with Crippen LogP contribution in [0.4, 0.5) is 11.5 Å². The lowest BCUT2D eigenvalue weighted by Gasteiger charge is -2.27. The van der Waals surface area contributed by atoms with E-state index in [0.717, 1.165) is 0 Å². The van der Waals surface area contributed by atoms with E-state index >= 15 is 0 Å². The highest BCUT2D eigenvalue weighted by atomic mass is 16.5. The van der Waals surface area contributed by atoms with Crippen LogP contribution in [0.5, 0.6) is 5.75 Å². The third-order valence-electron chi connectivity index (χ3n) is 3.38. The Morgan fingerprint density at radius 3 is 2.71 bits per heavy atom.